The zero-order valence-corrected chi connectivity index (χ0v) is 18.6. The largest absolute Gasteiger partial charge is 0.359 e. The van der Waals surface area contributed by atoms with E-state index >= 15 is 0 Å². The summed E-state index contributed by atoms with van der Waals surface area (Å²) in [5, 5.41) is 3.73. The molecular formula is C24H28N4OS. The van der Waals surface area contributed by atoms with Gasteiger partial charge in [-0.05, 0) is 29.5 Å². The highest BCUT2D eigenvalue weighted by atomic mass is 32.1. The molecule has 1 aliphatic rings. The molecule has 0 unspecified atom stereocenters. The highest BCUT2D eigenvalue weighted by molar-refractivity contribution is 7.18. The predicted octanol–water partition coefficient (Wildman–Crippen LogP) is 4.25. The number of pyridine rings is 1. The van der Waals surface area contributed by atoms with E-state index in [1.807, 2.05) is 12.4 Å². The molecule has 4 rings (SSSR count). The van der Waals surface area contributed by atoms with Crippen LogP contribution in [0, 0.1) is 11.8 Å². The molecule has 1 amide bonds. The van der Waals surface area contributed by atoms with Crippen LogP contribution in [0.25, 0.3) is 21.1 Å². The maximum atomic E-state index is 11.6. The molecule has 1 aliphatic heterocycles. The fourth-order valence-electron chi connectivity index (χ4n) is 3.77. The van der Waals surface area contributed by atoms with Gasteiger partial charge in [-0.3, -0.25) is 14.7 Å². The first-order chi connectivity index (χ1) is 14.5. The summed E-state index contributed by atoms with van der Waals surface area (Å²) in [6.07, 6.45) is 4.95. The van der Waals surface area contributed by atoms with E-state index in [9.17, 15) is 4.79 Å². The zero-order chi connectivity index (χ0) is 21.1. The fourth-order valence-corrected chi connectivity index (χ4v) is 4.67. The molecule has 0 radical (unpaired) electrons. The molecule has 0 spiro atoms. The Bertz CT molecular complexity index is 989. The molecule has 5 nitrogen and oxygen atoms in total. The average molecular weight is 421 g/mol. The first-order valence-corrected chi connectivity index (χ1v) is 11.3. The van der Waals surface area contributed by atoms with E-state index in [2.05, 4.69) is 70.4 Å². The number of carbonyl (C=O) groups excluding carboxylic acids is 1. The van der Waals surface area contributed by atoms with Crippen LogP contribution in [0.3, 0.4) is 0 Å². The summed E-state index contributed by atoms with van der Waals surface area (Å²) in [5.74, 6) is 0.912. The van der Waals surface area contributed by atoms with Crippen LogP contribution in [-0.2, 0) is 17.8 Å². The first-order valence-electron chi connectivity index (χ1n) is 10.5. The third kappa shape index (κ3) is 4.77. The number of nitrogens with zero attached hydrogens (tertiary/aromatic N) is 3. The summed E-state index contributed by atoms with van der Waals surface area (Å²) in [5.41, 5.74) is 4.64. The van der Waals surface area contributed by atoms with Gasteiger partial charge in [-0.2, -0.15) is 0 Å². The van der Waals surface area contributed by atoms with E-state index in [0.29, 0.717) is 5.92 Å². The zero-order valence-electron chi connectivity index (χ0n) is 17.8. The molecule has 0 aliphatic carbocycles. The van der Waals surface area contributed by atoms with E-state index in [4.69, 9.17) is 0 Å². The normalized spacial score (nSPS) is 14.7. The van der Waals surface area contributed by atoms with Crippen molar-refractivity contribution in [2.75, 3.05) is 20.1 Å². The van der Waals surface area contributed by atoms with Gasteiger partial charge in [0.2, 0.25) is 5.91 Å². The number of rotatable bonds is 7. The molecule has 1 N–H and O–H groups in total. The van der Waals surface area contributed by atoms with Crippen LogP contribution < -0.4 is 5.32 Å². The van der Waals surface area contributed by atoms with Crippen LogP contribution >= 0.6 is 11.3 Å². The van der Waals surface area contributed by atoms with Crippen molar-refractivity contribution in [3.63, 3.8) is 0 Å². The number of likely N-dealkylation sites (tertiary alicyclic amines) is 1. The molecule has 3 aromatic rings. The van der Waals surface area contributed by atoms with Crippen LogP contribution in [0.5, 0.6) is 0 Å². The maximum Gasteiger partial charge on any atom is 0.225 e. The molecule has 30 heavy (non-hydrogen) atoms. The second-order valence-corrected chi connectivity index (χ2v) is 9.41. The van der Waals surface area contributed by atoms with Crippen molar-refractivity contribution in [3.05, 3.63) is 59.9 Å². The SMILES string of the molecule is CNC(=O)C1CN(Cc2ccc(-c3ncc(-c4ccc(CC(C)C)cn4)s3)cc2)C1. The average Bonchev–Trinajstić information content (AvgIpc) is 3.20. The first kappa shape index (κ1) is 20.7. The summed E-state index contributed by atoms with van der Waals surface area (Å²) < 4.78 is 0. The number of amides is 1. The number of aromatic nitrogens is 2. The Morgan fingerprint density at radius 1 is 1.10 bits per heavy atom. The van der Waals surface area contributed by atoms with Gasteiger partial charge in [-0.15, -0.1) is 11.3 Å². The van der Waals surface area contributed by atoms with Crippen LogP contribution in [-0.4, -0.2) is 40.9 Å². The molecule has 1 fully saturated rings. The van der Waals surface area contributed by atoms with Gasteiger partial charge < -0.3 is 5.32 Å². The highest BCUT2D eigenvalue weighted by Gasteiger charge is 2.31. The minimum Gasteiger partial charge on any atom is -0.359 e. The van der Waals surface area contributed by atoms with Crippen molar-refractivity contribution in [2.45, 2.75) is 26.8 Å². The molecule has 6 heteroatoms. The summed E-state index contributed by atoms with van der Waals surface area (Å²) in [4.78, 5) is 24.2. The fraction of sp³-hybridized carbons (Fsp3) is 0.375. The molecule has 1 saturated heterocycles. The van der Waals surface area contributed by atoms with Gasteiger partial charge in [0.1, 0.15) is 5.01 Å². The number of thiazole rings is 1. The van der Waals surface area contributed by atoms with E-state index in [-0.39, 0.29) is 11.8 Å². The molecule has 0 saturated carbocycles. The maximum absolute atomic E-state index is 11.6. The Hall–Kier alpha value is -2.57. The lowest BCUT2D eigenvalue weighted by Gasteiger charge is -2.38. The van der Waals surface area contributed by atoms with Crippen molar-refractivity contribution < 1.29 is 4.79 Å². The van der Waals surface area contributed by atoms with E-state index in [1.165, 1.54) is 11.1 Å². The predicted molar refractivity (Wildman–Crippen MR) is 122 cm³/mol. The van der Waals surface area contributed by atoms with Crippen molar-refractivity contribution in [1.29, 1.82) is 0 Å². The smallest absolute Gasteiger partial charge is 0.225 e. The van der Waals surface area contributed by atoms with Gasteiger partial charge in [-0.25, -0.2) is 4.98 Å². The number of benzene rings is 1. The van der Waals surface area contributed by atoms with Gasteiger partial charge in [0, 0.05) is 44.6 Å². The van der Waals surface area contributed by atoms with E-state index in [0.717, 1.165) is 47.2 Å². The van der Waals surface area contributed by atoms with Crippen molar-refractivity contribution in [1.82, 2.24) is 20.2 Å². The molecule has 156 valence electrons. The van der Waals surface area contributed by atoms with Crippen LogP contribution in [0.4, 0.5) is 0 Å². The minimum atomic E-state index is 0.135. The third-order valence-corrected chi connectivity index (χ3v) is 6.48. The van der Waals surface area contributed by atoms with Crippen LogP contribution in [0.1, 0.15) is 25.0 Å². The number of carbonyl (C=O) groups is 1. The lowest BCUT2D eigenvalue weighted by Crippen LogP contribution is -2.52. The molecular weight excluding hydrogens is 392 g/mol. The Labute approximate surface area is 182 Å². The molecule has 3 heterocycles. The van der Waals surface area contributed by atoms with Gasteiger partial charge in [0.15, 0.2) is 0 Å². The third-order valence-electron chi connectivity index (χ3n) is 5.41. The van der Waals surface area contributed by atoms with E-state index < -0.39 is 0 Å². The van der Waals surface area contributed by atoms with Gasteiger partial charge in [-0.1, -0.05) is 44.2 Å². The molecule has 0 bridgehead atoms. The second kappa shape index (κ2) is 9.06. The number of nitrogens with one attached hydrogen (secondary N) is 1. The molecule has 1 aromatic carbocycles. The summed E-state index contributed by atoms with van der Waals surface area (Å²) >= 11 is 1.67. The van der Waals surface area contributed by atoms with Crippen molar-refractivity contribution in [3.8, 4) is 21.1 Å². The van der Waals surface area contributed by atoms with Gasteiger partial charge >= 0.3 is 0 Å². The summed E-state index contributed by atoms with van der Waals surface area (Å²) in [7, 11) is 1.70. The quantitative estimate of drug-likeness (QED) is 0.621. The summed E-state index contributed by atoms with van der Waals surface area (Å²) in [6, 6.07) is 12.8. The monoisotopic (exact) mass is 420 g/mol. The minimum absolute atomic E-state index is 0.135. The number of hydrogen-bond acceptors (Lipinski definition) is 5. The van der Waals surface area contributed by atoms with Crippen LogP contribution in [0.15, 0.2) is 48.8 Å². The highest BCUT2D eigenvalue weighted by Crippen LogP contribution is 2.31. The Morgan fingerprint density at radius 2 is 1.83 bits per heavy atom. The number of hydrogen-bond donors (Lipinski definition) is 1. The van der Waals surface area contributed by atoms with Gasteiger partial charge in [0.05, 0.1) is 16.5 Å². The Balaban J connectivity index is 1.37. The lowest BCUT2D eigenvalue weighted by molar-refractivity contribution is -0.129. The standard InChI is InChI=1S/C24H28N4OS/c1-16(2)10-18-6-9-21(26-11-18)22-12-27-24(30-22)19-7-4-17(5-8-19)13-28-14-20(15-28)23(29)25-3/h4-9,11-12,16,20H,10,13-15H2,1-3H3,(H,25,29). The van der Waals surface area contributed by atoms with Crippen molar-refractivity contribution in [2.24, 2.45) is 11.8 Å². The second-order valence-electron chi connectivity index (χ2n) is 8.38. The molecule has 0 atom stereocenters. The summed E-state index contributed by atoms with van der Waals surface area (Å²) in [6.45, 7) is 6.99. The molecule has 2 aromatic heterocycles. The van der Waals surface area contributed by atoms with E-state index in [1.54, 1.807) is 18.4 Å². The Kier molecular flexibility index (Phi) is 6.25. The van der Waals surface area contributed by atoms with Crippen molar-refractivity contribution >= 4 is 17.2 Å². The topological polar surface area (TPSA) is 58.1 Å². The van der Waals surface area contributed by atoms with Gasteiger partial charge in [0.25, 0.3) is 0 Å². The Morgan fingerprint density at radius 3 is 2.47 bits per heavy atom. The lowest BCUT2D eigenvalue weighted by atomic mass is 9.98. The van der Waals surface area contributed by atoms with Crippen LogP contribution in [0.2, 0.25) is 0 Å².